The average Bonchev–Trinajstić information content (AvgIpc) is 2.57. The number of ether oxygens (including phenoxy) is 1. The number of hydrogen-bond donors (Lipinski definition) is 1. The summed E-state index contributed by atoms with van der Waals surface area (Å²) in [7, 11) is 1.78. The van der Waals surface area contributed by atoms with Crippen LogP contribution in [0, 0.1) is 11.8 Å². The quantitative estimate of drug-likeness (QED) is 0.780. The molecule has 5 heteroatoms. The number of likely N-dealkylation sites (tertiary alicyclic amines) is 1. The molecule has 0 saturated carbocycles. The van der Waals surface area contributed by atoms with Crippen LogP contribution in [0.1, 0.15) is 38.3 Å². The SMILES string of the molecule is CC(C)COCCNC(=O)[C@@H]1CCC(=O)N(C)[C@@H]1c1ccccc1. The lowest BCUT2D eigenvalue weighted by Gasteiger charge is -2.38. The Hall–Kier alpha value is -1.88. The Morgan fingerprint density at radius 3 is 2.71 bits per heavy atom. The number of amides is 2. The van der Waals surface area contributed by atoms with Gasteiger partial charge in [-0.05, 0) is 17.9 Å². The van der Waals surface area contributed by atoms with Gasteiger partial charge in [0.15, 0.2) is 0 Å². The van der Waals surface area contributed by atoms with Crippen molar-refractivity contribution in [1.82, 2.24) is 10.2 Å². The number of nitrogens with zero attached hydrogens (tertiary/aromatic N) is 1. The second-order valence-corrected chi connectivity index (χ2v) is 6.77. The van der Waals surface area contributed by atoms with Crippen molar-refractivity contribution in [2.24, 2.45) is 11.8 Å². The number of carbonyl (C=O) groups excluding carboxylic acids is 2. The lowest BCUT2D eigenvalue weighted by molar-refractivity contribution is -0.141. The Kier molecular flexibility index (Phi) is 6.79. The maximum absolute atomic E-state index is 12.6. The fourth-order valence-electron chi connectivity index (χ4n) is 3.12. The third kappa shape index (κ3) is 4.81. The summed E-state index contributed by atoms with van der Waals surface area (Å²) in [5.41, 5.74) is 1.00. The van der Waals surface area contributed by atoms with Crippen LogP contribution in [0.2, 0.25) is 0 Å². The Balaban J connectivity index is 1.98. The van der Waals surface area contributed by atoms with Gasteiger partial charge in [0.1, 0.15) is 0 Å². The van der Waals surface area contributed by atoms with Gasteiger partial charge in [-0.3, -0.25) is 9.59 Å². The van der Waals surface area contributed by atoms with Crippen molar-refractivity contribution in [3.63, 3.8) is 0 Å². The number of hydrogen-bond acceptors (Lipinski definition) is 3. The highest BCUT2D eigenvalue weighted by molar-refractivity contribution is 5.84. The van der Waals surface area contributed by atoms with Gasteiger partial charge in [-0.2, -0.15) is 0 Å². The molecular formula is C19H28N2O3. The molecule has 5 nitrogen and oxygen atoms in total. The smallest absolute Gasteiger partial charge is 0.225 e. The van der Waals surface area contributed by atoms with Crippen molar-refractivity contribution >= 4 is 11.8 Å². The molecule has 2 rings (SSSR count). The van der Waals surface area contributed by atoms with Crippen LogP contribution < -0.4 is 5.32 Å². The summed E-state index contributed by atoms with van der Waals surface area (Å²) >= 11 is 0. The molecule has 24 heavy (non-hydrogen) atoms. The zero-order valence-electron chi connectivity index (χ0n) is 14.8. The molecule has 1 aliphatic heterocycles. The van der Waals surface area contributed by atoms with E-state index < -0.39 is 0 Å². The zero-order valence-corrected chi connectivity index (χ0v) is 14.8. The monoisotopic (exact) mass is 332 g/mol. The lowest BCUT2D eigenvalue weighted by Crippen LogP contribution is -2.46. The molecule has 1 fully saturated rings. The van der Waals surface area contributed by atoms with Gasteiger partial charge in [0, 0.05) is 26.6 Å². The molecule has 0 aliphatic carbocycles. The Morgan fingerprint density at radius 1 is 1.33 bits per heavy atom. The van der Waals surface area contributed by atoms with Gasteiger partial charge in [0.2, 0.25) is 11.8 Å². The van der Waals surface area contributed by atoms with E-state index in [9.17, 15) is 9.59 Å². The van der Waals surface area contributed by atoms with E-state index in [1.807, 2.05) is 30.3 Å². The number of rotatable bonds is 7. The molecule has 1 aliphatic rings. The summed E-state index contributed by atoms with van der Waals surface area (Å²) in [5, 5.41) is 2.96. The minimum atomic E-state index is -0.222. The fraction of sp³-hybridized carbons (Fsp3) is 0.579. The van der Waals surface area contributed by atoms with E-state index in [1.54, 1.807) is 11.9 Å². The molecule has 1 saturated heterocycles. The molecule has 0 spiro atoms. The average molecular weight is 332 g/mol. The van der Waals surface area contributed by atoms with Crippen molar-refractivity contribution < 1.29 is 14.3 Å². The van der Waals surface area contributed by atoms with Crippen LogP contribution >= 0.6 is 0 Å². The third-order valence-corrected chi connectivity index (χ3v) is 4.34. The molecule has 2 amide bonds. The first-order chi connectivity index (χ1) is 11.5. The zero-order chi connectivity index (χ0) is 17.5. The van der Waals surface area contributed by atoms with E-state index in [1.165, 1.54) is 0 Å². The molecular weight excluding hydrogens is 304 g/mol. The van der Waals surface area contributed by atoms with Crippen LogP contribution in [-0.4, -0.2) is 43.5 Å². The second-order valence-electron chi connectivity index (χ2n) is 6.77. The summed E-state index contributed by atoms with van der Waals surface area (Å²) in [6.07, 6.45) is 1.00. The van der Waals surface area contributed by atoms with Gasteiger partial charge in [-0.25, -0.2) is 0 Å². The fourth-order valence-corrected chi connectivity index (χ4v) is 3.12. The molecule has 1 aromatic carbocycles. The highest BCUT2D eigenvalue weighted by Crippen LogP contribution is 2.35. The maximum atomic E-state index is 12.6. The topological polar surface area (TPSA) is 58.6 Å². The molecule has 0 radical (unpaired) electrons. The molecule has 1 N–H and O–H groups in total. The molecule has 132 valence electrons. The molecule has 0 unspecified atom stereocenters. The van der Waals surface area contributed by atoms with E-state index in [0.717, 1.165) is 5.56 Å². The first-order valence-corrected chi connectivity index (χ1v) is 8.66. The second kappa shape index (κ2) is 8.83. The number of nitrogens with one attached hydrogen (secondary N) is 1. The van der Waals surface area contributed by atoms with Crippen molar-refractivity contribution in [1.29, 1.82) is 0 Å². The maximum Gasteiger partial charge on any atom is 0.225 e. The largest absolute Gasteiger partial charge is 0.379 e. The minimum Gasteiger partial charge on any atom is -0.379 e. The van der Waals surface area contributed by atoms with Gasteiger partial charge in [-0.1, -0.05) is 44.2 Å². The van der Waals surface area contributed by atoms with Crippen LogP contribution in [0.25, 0.3) is 0 Å². The van der Waals surface area contributed by atoms with E-state index in [4.69, 9.17) is 4.74 Å². The normalized spacial score (nSPS) is 21.2. The number of piperidine rings is 1. The Labute approximate surface area is 144 Å². The number of benzene rings is 1. The molecule has 2 atom stereocenters. The third-order valence-electron chi connectivity index (χ3n) is 4.34. The Bertz CT molecular complexity index is 545. The predicted molar refractivity (Wildman–Crippen MR) is 93.3 cm³/mol. The van der Waals surface area contributed by atoms with Crippen molar-refractivity contribution in [3.05, 3.63) is 35.9 Å². The predicted octanol–water partition coefficient (Wildman–Crippen LogP) is 2.38. The van der Waals surface area contributed by atoms with Crippen molar-refractivity contribution in [2.75, 3.05) is 26.8 Å². The van der Waals surface area contributed by atoms with Crippen LogP contribution in [0.3, 0.4) is 0 Å². The van der Waals surface area contributed by atoms with Crippen molar-refractivity contribution in [2.45, 2.75) is 32.7 Å². The van der Waals surface area contributed by atoms with Gasteiger partial charge >= 0.3 is 0 Å². The van der Waals surface area contributed by atoms with E-state index >= 15 is 0 Å². The first-order valence-electron chi connectivity index (χ1n) is 8.66. The van der Waals surface area contributed by atoms with Crippen LogP contribution in [-0.2, 0) is 14.3 Å². The van der Waals surface area contributed by atoms with Crippen molar-refractivity contribution in [3.8, 4) is 0 Å². The Morgan fingerprint density at radius 2 is 2.04 bits per heavy atom. The summed E-state index contributed by atoms with van der Waals surface area (Å²) in [4.78, 5) is 26.4. The van der Waals surface area contributed by atoms with E-state index in [2.05, 4.69) is 19.2 Å². The van der Waals surface area contributed by atoms with Gasteiger partial charge in [0.25, 0.3) is 0 Å². The number of carbonyl (C=O) groups is 2. The van der Waals surface area contributed by atoms with Crippen LogP contribution in [0.4, 0.5) is 0 Å². The van der Waals surface area contributed by atoms with E-state index in [-0.39, 0.29) is 23.8 Å². The highest BCUT2D eigenvalue weighted by atomic mass is 16.5. The summed E-state index contributed by atoms with van der Waals surface area (Å²) in [6.45, 7) is 5.90. The first kappa shape index (κ1) is 18.5. The summed E-state index contributed by atoms with van der Waals surface area (Å²) < 4.78 is 5.50. The van der Waals surface area contributed by atoms with Gasteiger partial charge in [0.05, 0.1) is 18.6 Å². The van der Waals surface area contributed by atoms with Crippen LogP contribution in [0.5, 0.6) is 0 Å². The summed E-state index contributed by atoms with van der Waals surface area (Å²) in [5.74, 6) is 0.353. The standard InChI is InChI=1S/C19H28N2O3/c1-14(2)13-24-12-11-20-19(23)16-9-10-17(22)21(3)18(16)15-7-5-4-6-8-15/h4-8,14,16,18H,9-13H2,1-3H3,(H,20,23)/t16-,18-/m1/s1. The van der Waals surface area contributed by atoms with Crippen LogP contribution in [0.15, 0.2) is 30.3 Å². The minimum absolute atomic E-state index is 0.00338. The molecule has 0 bridgehead atoms. The molecule has 0 aromatic heterocycles. The highest BCUT2D eigenvalue weighted by Gasteiger charge is 2.38. The molecule has 1 heterocycles. The van der Waals surface area contributed by atoms with E-state index in [0.29, 0.717) is 38.5 Å². The summed E-state index contributed by atoms with van der Waals surface area (Å²) in [6, 6.07) is 9.57. The lowest BCUT2D eigenvalue weighted by atomic mass is 9.84. The van der Waals surface area contributed by atoms with Gasteiger partial charge in [-0.15, -0.1) is 0 Å². The van der Waals surface area contributed by atoms with Gasteiger partial charge < -0.3 is 15.0 Å². The molecule has 1 aromatic rings.